The van der Waals surface area contributed by atoms with Gasteiger partial charge in [-0.15, -0.1) is 0 Å². The molecule has 0 aromatic rings. The SMILES string of the molecule is CC/C=C\C/C=C\C/C=C\C/C=C\C/C=C\CCCCCC(=O)O[C@H](COC(=O)CCC/C=C/C[C@@H]1[C@@H](/C=C/[C@@H](O)CCCCC)[C@H](O)C[C@@H]1O)COP(=O)(O)OCCN. The summed E-state index contributed by atoms with van der Waals surface area (Å²) in [6, 6.07) is 0. The van der Waals surface area contributed by atoms with Gasteiger partial charge in [-0.05, 0) is 83.0 Å². The molecule has 0 aliphatic heterocycles. The van der Waals surface area contributed by atoms with Gasteiger partial charge in [0.2, 0.25) is 0 Å². The van der Waals surface area contributed by atoms with Crippen LogP contribution in [0.1, 0.15) is 136 Å². The number of allylic oxidation sites excluding steroid dienone is 12. The number of phosphoric ester groups is 1. The van der Waals surface area contributed by atoms with E-state index < -0.39 is 50.8 Å². The summed E-state index contributed by atoms with van der Waals surface area (Å²) in [5.41, 5.74) is 5.34. The van der Waals surface area contributed by atoms with Gasteiger partial charge in [-0.25, -0.2) is 4.57 Å². The zero-order valence-corrected chi connectivity index (χ0v) is 37.4. The lowest BCUT2D eigenvalue weighted by Crippen LogP contribution is -2.29. The fraction of sp³-hybridized carbons (Fsp3) is 0.660. The molecule has 12 nitrogen and oxygen atoms in total. The Bertz CT molecular complexity index is 1370. The number of hydrogen-bond donors (Lipinski definition) is 5. The summed E-state index contributed by atoms with van der Waals surface area (Å²) >= 11 is 0. The Labute approximate surface area is 361 Å². The average Bonchev–Trinajstić information content (AvgIpc) is 3.49. The first-order valence-electron chi connectivity index (χ1n) is 22.3. The van der Waals surface area contributed by atoms with E-state index in [0.29, 0.717) is 32.1 Å². The number of ether oxygens (including phenoxy) is 2. The van der Waals surface area contributed by atoms with E-state index in [2.05, 4.69) is 74.6 Å². The molecule has 0 aromatic carbocycles. The predicted octanol–water partition coefficient (Wildman–Crippen LogP) is 9.21. The van der Waals surface area contributed by atoms with Crippen LogP contribution in [0.4, 0.5) is 0 Å². The van der Waals surface area contributed by atoms with Crippen LogP contribution in [0.3, 0.4) is 0 Å². The Balaban J connectivity index is 2.42. The van der Waals surface area contributed by atoms with E-state index in [4.69, 9.17) is 24.3 Å². The normalized spacial score (nSPS) is 20.9. The minimum atomic E-state index is -4.45. The molecule has 13 heteroatoms. The van der Waals surface area contributed by atoms with Gasteiger partial charge in [0.15, 0.2) is 6.10 Å². The summed E-state index contributed by atoms with van der Waals surface area (Å²) in [5.74, 6) is -1.48. The molecule has 342 valence electrons. The van der Waals surface area contributed by atoms with Crippen molar-refractivity contribution in [1.82, 2.24) is 0 Å². The zero-order chi connectivity index (χ0) is 44.1. The number of rotatable bonds is 36. The first-order chi connectivity index (χ1) is 29.0. The Morgan fingerprint density at radius 1 is 0.733 bits per heavy atom. The Morgan fingerprint density at radius 2 is 1.35 bits per heavy atom. The maximum Gasteiger partial charge on any atom is 0.472 e. The van der Waals surface area contributed by atoms with E-state index in [-0.39, 0.29) is 50.9 Å². The van der Waals surface area contributed by atoms with Crippen LogP contribution < -0.4 is 5.73 Å². The summed E-state index contributed by atoms with van der Waals surface area (Å²) in [6.45, 7) is 3.18. The van der Waals surface area contributed by atoms with Crippen LogP contribution in [0.5, 0.6) is 0 Å². The van der Waals surface area contributed by atoms with Gasteiger partial charge < -0.3 is 35.4 Å². The molecular formula is C47H78NO11P. The van der Waals surface area contributed by atoms with Crippen LogP contribution >= 0.6 is 7.82 Å². The van der Waals surface area contributed by atoms with Gasteiger partial charge in [-0.1, -0.05) is 125 Å². The van der Waals surface area contributed by atoms with Crippen molar-refractivity contribution < 1.29 is 52.9 Å². The summed E-state index contributed by atoms with van der Waals surface area (Å²) in [4.78, 5) is 35.1. The van der Waals surface area contributed by atoms with Gasteiger partial charge in [0.1, 0.15) is 6.61 Å². The number of nitrogens with two attached hydrogens (primary N) is 1. The number of esters is 2. The number of unbranched alkanes of at least 4 members (excludes halogenated alkanes) is 6. The Morgan fingerprint density at radius 3 is 2.00 bits per heavy atom. The predicted molar refractivity (Wildman–Crippen MR) is 240 cm³/mol. The molecule has 60 heavy (non-hydrogen) atoms. The van der Waals surface area contributed by atoms with Crippen molar-refractivity contribution in [3.05, 3.63) is 85.1 Å². The number of aliphatic hydroxyl groups is 3. The van der Waals surface area contributed by atoms with E-state index in [9.17, 15) is 34.4 Å². The molecule has 0 bridgehead atoms. The van der Waals surface area contributed by atoms with E-state index >= 15 is 0 Å². The second kappa shape index (κ2) is 36.7. The van der Waals surface area contributed by atoms with Crippen LogP contribution in [0, 0.1) is 11.8 Å². The molecule has 1 aliphatic carbocycles. The maximum absolute atomic E-state index is 12.6. The maximum atomic E-state index is 12.6. The van der Waals surface area contributed by atoms with Gasteiger partial charge in [0, 0.05) is 31.7 Å². The van der Waals surface area contributed by atoms with E-state index in [1.165, 1.54) is 0 Å². The fourth-order valence-electron chi connectivity index (χ4n) is 6.48. The summed E-state index contributed by atoms with van der Waals surface area (Å²) in [6.07, 6.45) is 40.0. The van der Waals surface area contributed by atoms with Crippen molar-refractivity contribution >= 4 is 19.8 Å². The highest BCUT2D eigenvalue weighted by atomic mass is 31.2. The van der Waals surface area contributed by atoms with Crippen LogP contribution in [-0.4, -0.2) is 82.9 Å². The minimum Gasteiger partial charge on any atom is -0.462 e. The third-order valence-electron chi connectivity index (χ3n) is 9.83. The van der Waals surface area contributed by atoms with Gasteiger partial charge >= 0.3 is 19.8 Å². The van der Waals surface area contributed by atoms with Crippen molar-refractivity contribution in [2.45, 2.75) is 160 Å². The molecule has 1 fully saturated rings. The van der Waals surface area contributed by atoms with Gasteiger partial charge in [0.05, 0.1) is 31.5 Å². The molecule has 1 rings (SSSR count). The van der Waals surface area contributed by atoms with Crippen molar-refractivity contribution in [3.8, 4) is 0 Å². The number of hydrogen-bond acceptors (Lipinski definition) is 11. The third kappa shape index (κ3) is 30.2. The molecule has 1 unspecified atom stereocenters. The lowest BCUT2D eigenvalue weighted by molar-refractivity contribution is -0.161. The summed E-state index contributed by atoms with van der Waals surface area (Å²) < 4.78 is 32.7. The van der Waals surface area contributed by atoms with Crippen LogP contribution in [0.15, 0.2) is 85.1 Å². The van der Waals surface area contributed by atoms with Gasteiger partial charge in [-0.3, -0.25) is 18.6 Å². The summed E-state index contributed by atoms with van der Waals surface area (Å²) in [7, 11) is -4.45. The smallest absolute Gasteiger partial charge is 0.462 e. The van der Waals surface area contributed by atoms with E-state index in [1.54, 1.807) is 6.08 Å². The number of phosphoric acid groups is 1. The third-order valence-corrected chi connectivity index (χ3v) is 10.8. The lowest BCUT2D eigenvalue weighted by Gasteiger charge is -2.20. The molecular weight excluding hydrogens is 785 g/mol. The lowest BCUT2D eigenvalue weighted by atomic mass is 9.89. The molecule has 0 saturated heterocycles. The van der Waals surface area contributed by atoms with Crippen LogP contribution in [0.25, 0.3) is 0 Å². The van der Waals surface area contributed by atoms with Crippen molar-refractivity contribution in [2.75, 3.05) is 26.4 Å². The molecule has 0 amide bonds. The average molecular weight is 864 g/mol. The molecule has 1 aliphatic rings. The molecule has 0 heterocycles. The van der Waals surface area contributed by atoms with Gasteiger partial charge in [-0.2, -0.15) is 0 Å². The Hall–Kier alpha value is -2.93. The number of carbonyl (C=O) groups excluding carboxylic acids is 2. The van der Waals surface area contributed by atoms with E-state index in [0.717, 1.165) is 70.6 Å². The molecule has 1 saturated carbocycles. The minimum absolute atomic E-state index is 0.00793. The topological polar surface area (TPSA) is 195 Å². The van der Waals surface area contributed by atoms with Crippen molar-refractivity contribution in [1.29, 1.82) is 0 Å². The number of aliphatic hydroxyl groups excluding tert-OH is 3. The standard InChI is InChI=1S/C47H78NO11P/c1-3-5-7-8-9-10-11-12-13-14-15-16-17-18-19-20-21-22-28-32-47(53)59-41(39-58-60(54,55)57-36-35-48)38-56-46(52)31-27-24-23-26-30-42-43(45(51)37-44(42)50)34-33-40(49)29-25-6-4-2/h5,7,9-10,12-13,15-16,18-19,23,26,33-34,40-45,49-51H,3-4,6,8,11,14,17,20-22,24-25,27-32,35-39,48H2,1-2H3,(H,54,55)/b7-5-,10-9-,13-12-,16-15-,19-18-,26-23+,34-33+/t40-,41+,42+,43+,44-,45+/m0/s1. The zero-order valence-electron chi connectivity index (χ0n) is 36.5. The monoisotopic (exact) mass is 864 g/mol. The molecule has 6 N–H and O–H groups in total. The van der Waals surface area contributed by atoms with Crippen LogP contribution in [0.2, 0.25) is 0 Å². The first-order valence-corrected chi connectivity index (χ1v) is 23.8. The van der Waals surface area contributed by atoms with Crippen molar-refractivity contribution in [3.63, 3.8) is 0 Å². The highest BCUT2D eigenvalue weighted by molar-refractivity contribution is 7.47. The molecule has 7 atom stereocenters. The van der Waals surface area contributed by atoms with E-state index in [1.807, 2.05) is 18.2 Å². The van der Waals surface area contributed by atoms with Crippen LogP contribution in [-0.2, 0) is 32.7 Å². The fourth-order valence-corrected chi connectivity index (χ4v) is 7.24. The number of carbonyl (C=O) groups is 2. The second-order valence-corrected chi connectivity index (χ2v) is 16.6. The highest BCUT2D eigenvalue weighted by Crippen LogP contribution is 2.43. The first kappa shape index (κ1) is 55.1. The largest absolute Gasteiger partial charge is 0.472 e. The summed E-state index contributed by atoms with van der Waals surface area (Å²) in [5, 5.41) is 31.3. The Kier molecular flexibility index (Phi) is 33.7. The quantitative estimate of drug-likeness (QED) is 0.0174. The second-order valence-electron chi connectivity index (χ2n) is 15.1. The molecule has 0 spiro atoms. The van der Waals surface area contributed by atoms with Crippen molar-refractivity contribution in [2.24, 2.45) is 17.6 Å². The molecule has 0 radical (unpaired) electrons. The van der Waals surface area contributed by atoms with Gasteiger partial charge in [0.25, 0.3) is 0 Å². The molecule has 0 aromatic heterocycles. The highest BCUT2D eigenvalue weighted by Gasteiger charge is 2.39.